The zero-order chi connectivity index (χ0) is 13.3. The van der Waals surface area contributed by atoms with Crippen molar-refractivity contribution in [3.8, 4) is 0 Å². The Balaban J connectivity index is 2.17. The molecule has 2 fully saturated rings. The summed E-state index contributed by atoms with van der Waals surface area (Å²) in [5.74, 6) is -1.59. The lowest BCUT2D eigenvalue weighted by atomic mass is 9.96. The van der Waals surface area contributed by atoms with Gasteiger partial charge in [-0.2, -0.15) is 0 Å². The highest BCUT2D eigenvalue weighted by Crippen LogP contribution is 2.24. The number of rotatable bonds is 2. The molecule has 0 radical (unpaired) electrons. The quantitative estimate of drug-likeness (QED) is 0.734. The molecule has 2 heterocycles. The fourth-order valence-electron chi connectivity index (χ4n) is 2.55. The molecular formula is C12H18N2O4. The number of hydrogen-bond donors (Lipinski definition) is 1. The molecular weight excluding hydrogens is 236 g/mol. The number of carbonyl (C=O) groups excluding carboxylic acids is 3. The maximum atomic E-state index is 12.2. The summed E-state index contributed by atoms with van der Waals surface area (Å²) in [6.07, 6.45) is 1.70. The largest absolute Gasteiger partial charge is 0.378 e. The van der Waals surface area contributed by atoms with E-state index >= 15 is 0 Å². The Hall–Kier alpha value is -1.43. The van der Waals surface area contributed by atoms with Crippen LogP contribution in [0.5, 0.6) is 0 Å². The summed E-state index contributed by atoms with van der Waals surface area (Å²) >= 11 is 0. The van der Waals surface area contributed by atoms with Crippen LogP contribution in [-0.4, -0.2) is 41.5 Å². The van der Waals surface area contributed by atoms with E-state index in [1.165, 1.54) is 4.90 Å². The summed E-state index contributed by atoms with van der Waals surface area (Å²) in [5, 5.41) is 2.26. The van der Waals surface area contributed by atoms with Gasteiger partial charge in [0, 0.05) is 12.6 Å². The van der Waals surface area contributed by atoms with Crippen molar-refractivity contribution in [2.45, 2.75) is 45.3 Å². The molecule has 0 aromatic heterocycles. The molecule has 0 aliphatic carbocycles. The van der Waals surface area contributed by atoms with E-state index in [9.17, 15) is 14.4 Å². The maximum Gasteiger partial charge on any atom is 0.331 e. The molecule has 0 bridgehead atoms. The van der Waals surface area contributed by atoms with E-state index in [0.717, 1.165) is 0 Å². The lowest BCUT2D eigenvalue weighted by Gasteiger charge is -2.38. The molecule has 18 heavy (non-hydrogen) atoms. The van der Waals surface area contributed by atoms with E-state index in [1.54, 1.807) is 6.92 Å². The van der Waals surface area contributed by atoms with Gasteiger partial charge in [0.1, 0.15) is 5.92 Å². The van der Waals surface area contributed by atoms with E-state index in [4.69, 9.17) is 4.74 Å². The monoisotopic (exact) mass is 254 g/mol. The van der Waals surface area contributed by atoms with Crippen molar-refractivity contribution in [3.63, 3.8) is 0 Å². The van der Waals surface area contributed by atoms with Crippen LogP contribution in [0.2, 0.25) is 0 Å². The van der Waals surface area contributed by atoms with Gasteiger partial charge in [-0.25, -0.2) is 4.79 Å². The molecule has 2 aliphatic rings. The van der Waals surface area contributed by atoms with Crippen LogP contribution in [0.4, 0.5) is 4.79 Å². The summed E-state index contributed by atoms with van der Waals surface area (Å²) in [5.41, 5.74) is 0. The number of nitrogens with zero attached hydrogens (tertiary/aromatic N) is 1. The molecule has 2 aliphatic heterocycles. The summed E-state index contributed by atoms with van der Waals surface area (Å²) < 4.78 is 5.41. The van der Waals surface area contributed by atoms with Gasteiger partial charge < -0.3 is 4.74 Å². The minimum absolute atomic E-state index is 0.0297. The predicted octanol–water partition coefficient (Wildman–Crippen LogP) is 0.658. The molecule has 100 valence electrons. The summed E-state index contributed by atoms with van der Waals surface area (Å²) in [6, 6.07) is -0.753. The van der Waals surface area contributed by atoms with Crippen molar-refractivity contribution in [2.75, 3.05) is 6.61 Å². The minimum Gasteiger partial charge on any atom is -0.378 e. The van der Waals surface area contributed by atoms with Crippen LogP contribution in [0.1, 0.15) is 33.1 Å². The van der Waals surface area contributed by atoms with Crippen molar-refractivity contribution in [2.24, 2.45) is 5.92 Å². The number of imide groups is 2. The second-order valence-corrected chi connectivity index (χ2v) is 4.82. The van der Waals surface area contributed by atoms with Crippen molar-refractivity contribution < 1.29 is 19.1 Å². The zero-order valence-electron chi connectivity index (χ0n) is 10.6. The van der Waals surface area contributed by atoms with Crippen LogP contribution in [0.15, 0.2) is 0 Å². The van der Waals surface area contributed by atoms with Gasteiger partial charge in [0.25, 0.3) is 0 Å². The van der Waals surface area contributed by atoms with Gasteiger partial charge >= 0.3 is 6.03 Å². The molecule has 6 heteroatoms. The van der Waals surface area contributed by atoms with Gasteiger partial charge in [0.05, 0.1) is 6.10 Å². The van der Waals surface area contributed by atoms with Crippen molar-refractivity contribution in [1.82, 2.24) is 10.2 Å². The standard InChI is InChI=1S/C12H18N2O4/c1-3-9-10(15)13-12(17)14(11(9)16)8-4-5-18-7(2)6-8/h7-9H,3-6H2,1-2H3,(H,13,15,17). The molecule has 0 saturated carbocycles. The SMILES string of the molecule is CCC1C(=O)NC(=O)N(C2CCOC(C)C2)C1=O. The van der Waals surface area contributed by atoms with Crippen LogP contribution >= 0.6 is 0 Å². The Morgan fingerprint density at radius 3 is 2.72 bits per heavy atom. The molecule has 0 aromatic carbocycles. The third kappa shape index (κ3) is 2.25. The van der Waals surface area contributed by atoms with E-state index < -0.39 is 17.9 Å². The van der Waals surface area contributed by atoms with Crippen LogP contribution in [0.3, 0.4) is 0 Å². The first-order valence-electron chi connectivity index (χ1n) is 6.34. The molecule has 3 atom stereocenters. The predicted molar refractivity (Wildman–Crippen MR) is 62.6 cm³/mol. The molecule has 1 N–H and O–H groups in total. The van der Waals surface area contributed by atoms with Gasteiger partial charge in [0.2, 0.25) is 11.8 Å². The summed E-state index contributed by atoms with van der Waals surface area (Å²) in [4.78, 5) is 36.8. The fraction of sp³-hybridized carbons (Fsp3) is 0.750. The highest BCUT2D eigenvalue weighted by molar-refractivity contribution is 6.16. The smallest absolute Gasteiger partial charge is 0.331 e. The molecule has 4 amide bonds. The minimum atomic E-state index is -0.735. The Labute approximate surface area is 106 Å². The van der Waals surface area contributed by atoms with Crippen LogP contribution in [-0.2, 0) is 14.3 Å². The number of ether oxygens (including phenoxy) is 1. The number of barbiturate groups is 1. The Morgan fingerprint density at radius 2 is 2.11 bits per heavy atom. The number of carbonyl (C=O) groups is 3. The fourth-order valence-corrected chi connectivity index (χ4v) is 2.55. The van der Waals surface area contributed by atoms with Crippen LogP contribution in [0.25, 0.3) is 0 Å². The number of nitrogens with one attached hydrogen (secondary N) is 1. The van der Waals surface area contributed by atoms with E-state index in [0.29, 0.717) is 25.9 Å². The molecule has 6 nitrogen and oxygen atoms in total. The Morgan fingerprint density at radius 1 is 1.39 bits per heavy atom. The highest BCUT2D eigenvalue weighted by atomic mass is 16.5. The zero-order valence-corrected chi connectivity index (χ0v) is 10.6. The lowest BCUT2D eigenvalue weighted by Crippen LogP contribution is -2.61. The first-order chi connectivity index (χ1) is 8.54. The van der Waals surface area contributed by atoms with Gasteiger partial charge in [-0.3, -0.25) is 19.8 Å². The number of urea groups is 1. The van der Waals surface area contributed by atoms with Crippen LogP contribution < -0.4 is 5.32 Å². The molecule has 0 aromatic rings. The summed E-state index contributed by atoms with van der Waals surface area (Å²) in [6.45, 7) is 4.22. The van der Waals surface area contributed by atoms with Gasteiger partial charge in [-0.05, 0) is 26.2 Å². The van der Waals surface area contributed by atoms with Crippen molar-refractivity contribution in [3.05, 3.63) is 0 Å². The maximum absolute atomic E-state index is 12.2. The Bertz CT molecular complexity index is 382. The van der Waals surface area contributed by atoms with E-state index in [-0.39, 0.29) is 18.1 Å². The van der Waals surface area contributed by atoms with Crippen molar-refractivity contribution in [1.29, 1.82) is 0 Å². The third-order valence-electron chi connectivity index (χ3n) is 3.53. The second kappa shape index (κ2) is 5.06. The first-order valence-corrected chi connectivity index (χ1v) is 6.34. The first kappa shape index (κ1) is 13.0. The highest BCUT2D eigenvalue weighted by Gasteiger charge is 2.43. The van der Waals surface area contributed by atoms with Crippen molar-refractivity contribution >= 4 is 17.8 Å². The molecule has 2 saturated heterocycles. The average molecular weight is 254 g/mol. The van der Waals surface area contributed by atoms with Gasteiger partial charge in [-0.15, -0.1) is 0 Å². The van der Waals surface area contributed by atoms with Gasteiger partial charge in [-0.1, -0.05) is 6.92 Å². The number of amides is 4. The summed E-state index contributed by atoms with van der Waals surface area (Å²) in [7, 11) is 0. The van der Waals surface area contributed by atoms with E-state index in [2.05, 4.69) is 5.32 Å². The molecule has 2 rings (SSSR count). The Kier molecular flexibility index (Phi) is 3.65. The van der Waals surface area contributed by atoms with Gasteiger partial charge in [0.15, 0.2) is 0 Å². The van der Waals surface area contributed by atoms with E-state index in [1.807, 2.05) is 6.92 Å². The average Bonchev–Trinajstić information content (AvgIpc) is 2.28. The number of hydrogen-bond acceptors (Lipinski definition) is 4. The van der Waals surface area contributed by atoms with Crippen LogP contribution in [0, 0.1) is 5.92 Å². The lowest BCUT2D eigenvalue weighted by molar-refractivity contribution is -0.145. The topological polar surface area (TPSA) is 75.7 Å². The molecule has 0 spiro atoms. The third-order valence-corrected chi connectivity index (χ3v) is 3.53. The normalized spacial score (nSPS) is 33.6. The second-order valence-electron chi connectivity index (χ2n) is 4.82. The molecule has 3 unspecified atom stereocenters.